The summed E-state index contributed by atoms with van der Waals surface area (Å²) in [6.45, 7) is 2.65. The molecule has 0 spiro atoms. The molecule has 0 heterocycles. The van der Waals surface area contributed by atoms with Crippen molar-refractivity contribution in [2.24, 2.45) is 5.73 Å². The summed E-state index contributed by atoms with van der Waals surface area (Å²) in [7, 11) is 1.67. The van der Waals surface area contributed by atoms with Crippen LogP contribution in [0.1, 0.15) is 17.9 Å². The maximum absolute atomic E-state index is 5.80. The second-order valence-corrected chi connectivity index (χ2v) is 4.80. The fourth-order valence-corrected chi connectivity index (χ4v) is 2.07. The van der Waals surface area contributed by atoms with E-state index in [9.17, 15) is 0 Å². The fourth-order valence-electron chi connectivity index (χ4n) is 1.65. The zero-order valence-electron chi connectivity index (χ0n) is 10.2. The lowest BCUT2D eigenvalue weighted by Gasteiger charge is -2.15. The number of hydrogen-bond donors (Lipinski definition) is 1. The molecule has 1 rings (SSSR count). The van der Waals surface area contributed by atoms with Crippen molar-refractivity contribution in [1.29, 1.82) is 0 Å². The summed E-state index contributed by atoms with van der Waals surface area (Å²) in [4.78, 5) is 0. The molecule has 1 unspecified atom stereocenters. The minimum absolute atomic E-state index is 0.357. The van der Waals surface area contributed by atoms with Gasteiger partial charge in [-0.2, -0.15) is 0 Å². The molecule has 1 aromatic rings. The van der Waals surface area contributed by atoms with Gasteiger partial charge >= 0.3 is 0 Å². The molecule has 2 N–H and O–H groups in total. The van der Waals surface area contributed by atoms with E-state index in [0.717, 1.165) is 17.5 Å². The predicted octanol–water partition coefficient (Wildman–Crippen LogP) is 2.54. The molecule has 0 aliphatic heterocycles. The number of halogens is 1. The van der Waals surface area contributed by atoms with E-state index in [-0.39, 0.29) is 0 Å². The topological polar surface area (TPSA) is 44.5 Å². The van der Waals surface area contributed by atoms with Crippen molar-refractivity contribution in [3.8, 4) is 0 Å². The van der Waals surface area contributed by atoms with Gasteiger partial charge in [0, 0.05) is 18.2 Å². The molecule has 0 bridgehead atoms. The molecule has 17 heavy (non-hydrogen) atoms. The predicted molar refractivity (Wildman–Crippen MR) is 73.2 cm³/mol. The monoisotopic (exact) mass is 301 g/mol. The Labute approximate surface area is 111 Å². The van der Waals surface area contributed by atoms with Gasteiger partial charge in [-0.15, -0.1) is 0 Å². The molecule has 0 aliphatic carbocycles. The Morgan fingerprint density at radius 1 is 1.29 bits per heavy atom. The molecule has 1 aromatic carbocycles. The summed E-state index contributed by atoms with van der Waals surface area (Å²) in [6.07, 6.45) is 0.941. The van der Waals surface area contributed by atoms with Crippen LogP contribution in [0, 0.1) is 0 Å². The number of rotatable bonds is 8. The van der Waals surface area contributed by atoms with Gasteiger partial charge in [0.2, 0.25) is 0 Å². The van der Waals surface area contributed by atoms with Crippen LogP contribution in [0.25, 0.3) is 0 Å². The second kappa shape index (κ2) is 8.64. The van der Waals surface area contributed by atoms with Crippen LogP contribution in [-0.4, -0.2) is 33.5 Å². The lowest BCUT2D eigenvalue weighted by molar-refractivity contribution is 0.0672. The Morgan fingerprint density at radius 3 is 2.76 bits per heavy atom. The molecule has 0 saturated heterocycles. The van der Waals surface area contributed by atoms with Gasteiger partial charge in [0.15, 0.2) is 0 Å². The number of hydrogen-bond acceptors (Lipinski definition) is 3. The molecule has 0 aromatic heterocycles. The first-order chi connectivity index (χ1) is 8.27. The summed E-state index contributed by atoms with van der Waals surface area (Å²) in [5.74, 6) is 0.357. The average molecular weight is 302 g/mol. The smallest absolute Gasteiger partial charge is 0.0700 e. The molecule has 0 amide bonds. The maximum atomic E-state index is 5.80. The van der Waals surface area contributed by atoms with E-state index in [4.69, 9.17) is 15.2 Å². The number of methoxy groups -OCH3 is 1. The van der Waals surface area contributed by atoms with E-state index in [2.05, 4.69) is 28.1 Å². The van der Waals surface area contributed by atoms with E-state index >= 15 is 0 Å². The third-order valence-corrected chi connectivity index (χ3v) is 3.14. The molecule has 0 aliphatic rings. The van der Waals surface area contributed by atoms with Crippen LogP contribution in [0.2, 0.25) is 0 Å². The first kappa shape index (κ1) is 14.6. The molecular weight excluding hydrogens is 282 g/mol. The van der Waals surface area contributed by atoms with Crippen molar-refractivity contribution in [1.82, 2.24) is 0 Å². The Hall–Kier alpha value is -0.420. The van der Waals surface area contributed by atoms with Gasteiger partial charge < -0.3 is 15.2 Å². The third-order valence-electron chi connectivity index (χ3n) is 2.65. The summed E-state index contributed by atoms with van der Waals surface area (Å²) in [6, 6.07) is 8.28. The van der Waals surface area contributed by atoms with Gasteiger partial charge in [0.05, 0.1) is 13.2 Å². The van der Waals surface area contributed by atoms with Crippen molar-refractivity contribution in [3.63, 3.8) is 0 Å². The molecule has 4 heteroatoms. The van der Waals surface area contributed by atoms with Crippen molar-refractivity contribution < 1.29 is 9.47 Å². The first-order valence-corrected chi connectivity index (χ1v) is 6.59. The highest BCUT2D eigenvalue weighted by Crippen LogP contribution is 2.21. The van der Waals surface area contributed by atoms with Crippen molar-refractivity contribution in [3.05, 3.63) is 34.3 Å². The van der Waals surface area contributed by atoms with E-state index < -0.39 is 0 Å². The van der Waals surface area contributed by atoms with Crippen molar-refractivity contribution in [2.75, 3.05) is 33.5 Å². The van der Waals surface area contributed by atoms with Gasteiger partial charge in [-0.3, -0.25) is 0 Å². The van der Waals surface area contributed by atoms with Crippen LogP contribution in [0.5, 0.6) is 0 Å². The SMILES string of the molecule is COCCOCCC(CN)c1cccc(Br)c1. The fraction of sp³-hybridized carbons (Fsp3) is 0.538. The largest absolute Gasteiger partial charge is 0.382 e. The zero-order valence-corrected chi connectivity index (χ0v) is 11.8. The summed E-state index contributed by atoms with van der Waals surface area (Å²) in [5.41, 5.74) is 7.06. The van der Waals surface area contributed by atoms with E-state index in [0.29, 0.717) is 25.7 Å². The summed E-state index contributed by atoms with van der Waals surface area (Å²) in [5, 5.41) is 0. The van der Waals surface area contributed by atoms with Crippen LogP contribution in [0.15, 0.2) is 28.7 Å². The first-order valence-electron chi connectivity index (χ1n) is 5.80. The standard InChI is InChI=1S/C13H20BrNO2/c1-16-7-8-17-6-5-12(10-15)11-3-2-4-13(14)9-11/h2-4,9,12H,5-8,10,15H2,1H3. The van der Waals surface area contributed by atoms with Crippen LogP contribution >= 0.6 is 15.9 Å². The minimum atomic E-state index is 0.357. The molecule has 0 saturated carbocycles. The Kier molecular flexibility index (Phi) is 7.44. The number of ether oxygens (including phenoxy) is 2. The lowest BCUT2D eigenvalue weighted by Crippen LogP contribution is -2.15. The van der Waals surface area contributed by atoms with Crippen LogP contribution < -0.4 is 5.73 Å². The van der Waals surface area contributed by atoms with Crippen molar-refractivity contribution >= 4 is 15.9 Å². The number of benzene rings is 1. The zero-order chi connectivity index (χ0) is 12.5. The van der Waals surface area contributed by atoms with E-state index in [1.807, 2.05) is 12.1 Å². The molecule has 96 valence electrons. The third kappa shape index (κ3) is 5.64. The van der Waals surface area contributed by atoms with Crippen LogP contribution in [0.4, 0.5) is 0 Å². The van der Waals surface area contributed by atoms with Crippen LogP contribution in [0.3, 0.4) is 0 Å². The molecule has 0 fully saturated rings. The Balaban J connectivity index is 2.38. The highest BCUT2D eigenvalue weighted by Gasteiger charge is 2.09. The average Bonchev–Trinajstić information content (AvgIpc) is 2.34. The van der Waals surface area contributed by atoms with E-state index in [1.54, 1.807) is 7.11 Å². The second-order valence-electron chi connectivity index (χ2n) is 3.88. The summed E-state index contributed by atoms with van der Waals surface area (Å²) >= 11 is 3.47. The number of nitrogens with two attached hydrogens (primary N) is 1. The van der Waals surface area contributed by atoms with Gasteiger partial charge in [0.25, 0.3) is 0 Å². The van der Waals surface area contributed by atoms with Crippen molar-refractivity contribution in [2.45, 2.75) is 12.3 Å². The maximum Gasteiger partial charge on any atom is 0.0700 e. The van der Waals surface area contributed by atoms with Gasteiger partial charge in [0.1, 0.15) is 0 Å². The molecule has 1 atom stereocenters. The minimum Gasteiger partial charge on any atom is -0.382 e. The van der Waals surface area contributed by atoms with Crippen LogP contribution in [-0.2, 0) is 9.47 Å². The highest BCUT2D eigenvalue weighted by molar-refractivity contribution is 9.10. The molecule has 3 nitrogen and oxygen atoms in total. The van der Waals surface area contributed by atoms with Gasteiger partial charge in [-0.25, -0.2) is 0 Å². The lowest BCUT2D eigenvalue weighted by atomic mass is 9.96. The van der Waals surface area contributed by atoms with E-state index in [1.165, 1.54) is 5.56 Å². The molecule has 0 radical (unpaired) electrons. The Morgan fingerprint density at radius 2 is 2.12 bits per heavy atom. The molecular formula is C13H20BrNO2. The Bertz CT molecular complexity index is 320. The summed E-state index contributed by atoms with van der Waals surface area (Å²) < 4.78 is 11.5. The van der Waals surface area contributed by atoms with Gasteiger partial charge in [-0.05, 0) is 36.6 Å². The normalized spacial score (nSPS) is 12.6. The quantitative estimate of drug-likeness (QED) is 0.751. The van der Waals surface area contributed by atoms with Gasteiger partial charge in [-0.1, -0.05) is 28.1 Å². The highest BCUT2D eigenvalue weighted by atomic mass is 79.9.